The minimum Gasteiger partial charge on any atom is -0.350 e. The topological polar surface area (TPSA) is 33.7 Å². The molecule has 0 bridgehead atoms. The highest BCUT2D eigenvalue weighted by atomic mass is 32.1. The van der Waals surface area contributed by atoms with Crippen LogP contribution in [0.3, 0.4) is 0 Å². The summed E-state index contributed by atoms with van der Waals surface area (Å²) in [6.45, 7) is 7.60. The molecule has 2 saturated heterocycles. The molecule has 0 atom stereocenters. The summed E-state index contributed by atoms with van der Waals surface area (Å²) in [6, 6.07) is 6.34. The summed E-state index contributed by atoms with van der Waals surface area (Å²) >= 11 is 5.56. The number of ether oxygens (including phenoxy) is 2. The molecule has 22 heavy (non-hydrogen) atoms. The molecule has 1 aromatic rings. The number of nitrogens with one attached hydrogen (secondary N) is 1. The lowest BCUT2D eigenvalue weighted by Crippen LogP contribution is -2.52. The minimum absolute atomic E-state index is 0.356. The van der Waals surface area contributed by atoms with Gasteiger partial charge in [0.05, 0.1) is 13.2 Å². The monoisotopic (exact) mass is 320 g/mol. The molecule has 1 aromatic carbocycles. The molecule has 5 heteroatoms. The Morgan fingerprint density at radius 2 is 1.82 bits per heavy atom. The van der Waals surface area contributed by atoms with E-state index in [1.54, 1.807) is 0 Å². The zero-order chi connectivity index (χ0) is 15.6. The number of aryl methyl sites for hydroxylation is 2. The van der Waals surface area contributed by atoms with Crippen molar-refractivity contribution in [2.75, 3.05) is 31.6 Å². The quantitative estimate of drug-likeness (QED) is 0.804. The van der Waals surface area contributed by atoms with Gasteiger partial charge in [0.25, 0.3) is 0 Å². The highest BCUT2D eigenvalue weighted by Gasteiger charge is 2.38. The molecule has 0 aliphatic carbocycles. The van der Waals surface area contributed by atoms with Gasteiger partial charge < -0.3 is 19.7 Å². The van der Waals surface area contributed by atoms with Crippen LogP contribution >= 0.6 is 12.2 Å². The highest BCUT2D eigenvalue weighted by molar-refractivity contribution is 7.80. The molecule has 2 aliphatic rings. The first-order valence-electron chi connectivity index (χ1n) is 7.99. The summed E-state index contributed by atoms with van der Waals surface area (Å²) in [5.74, 6) is -0.356. The van der Waals surface area contributed by atoms with Gasteiger partial charge in [-0.15, -0.1) is 0 Å². The van der Waals surface area contributed by atoms with Crippen LogP contribution in [0.2, 0.25) is 0 Å². The van der Waals surface area contributed by atoms with Gasteiger partial charge in [-0.1, -0.05) is 6.07 Å². The van der Waals surface area contributed by atoms with Crippen molar-refractivity contribution >= 4 is 23.0 Å². The Labute approximate surface area is 137 Å². The van der Waals surface area contributed by atoms with E-state index < -0.39 is 0 Å². The molecular formula is C17H24N2O2S. The molecule has 1 N–H and O–H groups in total. The standard InChI is InChI=1S/C17H24N2O2S/c1-13-4-5-15(12-14(13)2)18-16(22)19-8-6-17(7-9-19)20-10-3-11-21-17/h4-5,12H,3,6-11H2,1-2H3,(H,18,22). The number of thiocarbonyl (C=S) groups is 1. The second kappa shape index (κ2) is 6.52. The number of anilines is 1. The van der Waals surface area contributed by atoms with E-state index in [1.807, 2.05) is 0 Å². The Balaban J connectivity index is 1.56. The molecule has 1 spiro atoms. The number of hydrogen-bond acceptors (Lipinski definition) is 3. The first kappa shape index (κ1) is 15.7. The summed E-state index contributed by atoms with van der Waals surface area (Å²) in [4.78, 5) is 2.21. The summed E-state index contributed by atoms with van der Waals surface area (Å²) in [5, 5.41) is 4.13. The molecule has 0 amide bonds. The lowest BCUT2D eigenvalue weighted by molar-refractivity contribution is -0.281. The number of rotatable bonds is 1. The highest BCUT2D eigenvalue weighted by Crippen LogP contribution is 2.31. The second-order valence-electron chi connectivity index (χ2n) is 6.18. The van der Waals surface area contributed by atoms with E-state index in [2.05, 4.69) is 42.3 Å². The normalized spacial score (nSPS) is 20.9. The molecular weight excluding hydrogens is 296 g/mol. The molecule has 120 valence electrons. The van der Waals surface area contributed by atoms with Gasteiger partial charge in [-0.25, -0.2) is 0 Å². The Bertz CT molecular complexity index is 546. The third-order valence-corrected chi connectivity index (χ3v) is 4.95. The maximum Gasteiger partial charge on any atom is 0.173 e. The van der Waals surface area contributed by atoms with Gasteiger partial charge in [0.2, 0.25) is 0 Å². The van der Waals surface area contributed by atoms with Crippen molar-refractivity contribution in [3.63, 3.8) is 0 Å². The van der Waals surface area contributed by atoms with Crippen LogP contribution in [-0.2, 0) is 9.47 Å². The molecule has 2 heterocycles. The van der Waals surface area contributed by atoms with Crippen LogP contribution in [0.25, 0.3) is 0 Å². The van der Waals surface area contributed by atoms with Crippen molar-refractivity contribution in [2.24, 2.45) is 0 Å². The van der Waals surface area contributed by atoms with Crippen molar-refractivity contribution in [3.05, 3.63) is 29.3 Å². The van der Waals surface area contributed by atoms with Gasteiger partial charge in [-0.3, -0.25) is 0 Å². The van der Waals surface area contributed by atoms with Crippen LogP contribution in [-0.4, -0.2) is 42.1 Å². The fourth-order valence-corrected chi connectivity index (χ4v) is 3.28. The average molecular weight is 320 g/mol. The van der Waals surface area contributed by atoms with Crippen LogP contribution in [0.15, 0.2) is 18.2 Å². The average Bonchev–Trinajstić information content (AvgIpc) is 2.52. The number of likely N-dealkylation sites (tertiary alicyclic amines) is 1. The van der Waals surface area contributed by atoms with E-state index in [-0.39, 0.29) is 5.79 Å². The van der Waals surface area contributed by atoms with Gasteiger partial charge in [0.1, 0.15) is 0 Å². The van der Waals surface area contributed by atoms with Crippen LogP contribution in [0, 0.1) is 13.8 Å². The van der Waals surface area contributed by atoms with Crippen LogP contribution in [0.5, 0.6) is 0 Å². The molecule has 3 rings (SSSR count). The molecule has 4 nitrogen and oxygen atoms in total. The number of piperidine rings is 1. The maximum atomic E-state index is 5.87. The summed E-state index contributed by atoms with van der Waals surface area (Å²) < 4.78 is 11.7. The van der Waals surface area contributed by atoms with Crippen molar-refractivity contribution in [3.8, 4) is 0 Å². The van der Waals surface area contributed by atoms with Crippen LogP contribution in [0.1, 0.15) is 30.4 Å². The number of hydrogen-bond donors (Lipinski definition) is 1. The molecule has 2 aliphatic heterocycles. The van der Waals surface area contributed by atoms with E-state index in [0.29, 0.717) is 0 Å². The first-order chi connectivity index (χ1) is 10.6. The second-order valence-corrected chi connectivity index (χ2v) is 6.56. The van der Waals surface area contributed by atoms with Crippen molar-refractivity contribution < 1.29 is 9.47 Å². The van der Waals surface area contributed by atoms with E-state index >= 15 is 0 Å². The fourth-order valence-electron chi connectivity index (χ4n) is 2.98. The molecule has 2 fully saturated rings. The van der Waals surface area contributed by atoms with E-state index in [4.69, 9.17) is 21.7 Å². The number of nitrogens with zero attached hydrogens (tertiary/aromatic N) is 1. The van der Waals surface area contributed by atoms with Crippen molar-refractivity contribution in [1.82, 2.24) is 4.90 Å². The van der Waals surface area contributed by atoms with Gasteiger partial charge in [-0.2, -0.15) is 0 Å². The van der Waals surface area contributed by atoms with Gasteiger partial charge >= 0.3 is 0 Å². The first-order valence-corrected chi connectivity index (χ1v) is 8.40. The van der Waals surface area contributed by atoms with Gasteiger partial charge in [0.15, 0.2) is 10.9 Å². The van der Waals surface area contributed by atoms with Gasteiger partial charge in [-0.05, 0) is 55.7 Å². The molecule has 0 radical (unpaired) electrons. The third-order valence-electron chi connectivity index (χ3n) is 4.59. The zero-order valence-electron chi connectivity index (χ0n) is 13.4. The lowest BCUT2D eigenvalue weighted by Gasteiger charge is -2.44. The molecule has 0 aromatic heterocycles. The van der Waals surface area contributed by atoms with Crippen LogP contribution < -0.4 is 5.32 Å². The van der Waals surface area contributed by atoms with Gasteiger partial charge in [0, 0.05) is 31.6 Å². The van der Waals surface area contributed by atoms with Crippen LogP contribution in [0.4, 0.5) is 5.69 Å². The molecule has 0 saturated carbocycles. The smallest absolute Gasteiger partial charge is 0.173 e. The Hall–Kier alpha value is -1.17. The number of benzene rings is 1. The Morgan fingerprint density at radius 1 is 1.14 bits per heavy atom. The third kappa shape index (κ3) is 3.42. The zero-order valence-corrected chi connectivity index (χ0v) is 14.2. The predicted molar refractivity (Wildman–Crippen MR) is 92.2 cm³/mol. The lowest BCUT2D eigenvalue weighted by atomic mass is 10.0. The summed E-state index contributed by atoms with van der Waals surface area (Å²) in [7, 11) is 0. The maximum absolute atomic E-state index is 5.87. The Morgan fingerprint density at radius 3 is 2.45 bits per heavy atom. The van der Waals surface area contributed by atoms with E-state index in [1.165, 1.54) is 11.1 Å². The van der Waals surface area contributed by atoms with E-state index in [9.17, 15) is 0 Å². The minimum atomic E-state index is -0.356. The predicted octanol–water partition coefficient (Wildman–Crippen LogP) is 3.23. The van der Waals surface area contributed by atoms with E-state index in [0.717, 1.165) is 56.4 Å². The Kier molecular flexibility index (Phi) is 4.66. The van der Waals surface area contributed by atoms with Crippen molar-refractivity contribution in [1.29, 1.82) is 0 Å². The fraction of sp³-hybridized carbons (Fsp3) is 0.588. The summed E-state index contributed by atoms with van der Waals surface area (Å²) in [5.41, 5.74) is 3.62. The summed E-state index contributed by atoms with van der Waals surface area (Å²) in [6.07, 6.45) is 2.75. The largest absolute Gasteiger partial charge is 0.350 e. The SMILES string of the molecule is Cc1ccc(NC(=S)N2CCC3(CC2)OCCCO3)cc1C. The van der Waals surface area contributed by atoms with Crippen molar-refractivity contribution in [2.45, 2.75) is 38.9 Å². The molecule has 0 unspecified atom stereocenters.